The number of aryl methyl sites for hydroxylation is 2. The van der Waals surface area contributed by atoms with Gasteiger partial charge in [0.15, 0.2) is 0 Å². The van der Waals surface area contributed by atoms with Crippen LogP contribution in [0.3, 0.4) is 0 Å². The van der Waals surface area contributed by atoms with Crippen molar-refractivity contribution >= 4 is 0 Å². The molecule has 2 rings (SSSR count). The standard InChI is InChI=1S/C19H24O2/c1-12-10-13(2)15(4)19(14(12)3)18(20)11-16-6-8-17(21-5)9-7-16/h6-10,18,20H,11H2,1-5H3. The van der Waals surface area contributed by atoms with Gasteiger partial charge in [0.1, 0.15) is 5.75 Å². The normalized spacial score (nSPS) is 12.3. The summed E-state index contributed by atoms with van der Waals surface area (Å²) >= 11 is 0. The Morgan fingerprint density at radius 2 is 1.48 bits per heavy atom. The van der Waals surface area contributed by atoms with Crippen LogP contribution in [0.1, 0.15) is 39.5 Å². The van der Waals surface area contributed by atoms with Crippen molar-refractivity contribution in [1.82, 2.24) is 0 Å². The van der Waals surface area contributed by atoms with E-state index in [0.29, 0.717) is 6.42 Å². The van der Waals surface area contributed by atoms with Crippen molar-refractivity contribution in [2.75, 3.05) is 7.11 Å². The molecule has 0 saturated heterocycles. The summed E-state index contributed by atoms with van der Waals surface area (Å²) in [6.45, 7) is 8.39. The molecule has 0 bridgehead atoms. The first-order chi connectivity index (χ1) is 9.93. The molecule has 112 valence electrons. The third kappa shape index (κ3) is 3.27. The number of hydrogen-bond donors (Lipinski definition) is 1. The third-order valence-electron chi connectivity index (χ3n) is 4.35. The van der Waals surface area contributed by atoms with E-state index in [0.717, 1.165) is 16.9 Å². The van der Waals surface area contributed by atoms with Crippen LogP contribution in [0.25, 0.3) is 0 Å². The molecule has 0 saturated carbocycles. The molecule has 0 amide bonds. The zero-order valence-corrected chi connectivity index (χ0v) is 13.5. The van der Waals surface area contributed by atoms with Crippen molar-refractivity contribution in [2.24, 2.45) is 0 Å². The summed E-state index contributed by atoms with van der Waals surface area (Å²) in [5.74, 6) is 0.840. The number of ether oxygens (including phenoxy) is 1. The van der Waals surface area contributed by atoms with Crippen molar-refractivity contribution in [3.05, 3.63) is 63.7 Å². The minimum Gasteiger partial charge on any atom is -0.497 e. The molecule has 0 aliphatic carbocycles. The Morgan fingerprint density at radius 3 is 1.95 bits per heavy atom. The van der Waals surface area contributed by atoms with E-state index >= 15 is 0 Å². The molecule has 2 nitrogen and oxygen atoms in total. The van der Waals surface area contributed by atoms with E-state index in [1.165, 1.54) is 22.3 Å². The van der Waals surface area contributed by atoms with E-state index in [1.807, 2.05) is 24.3 Å². The molecule has 0 heterocycles. The highest BCUT2D eigenvalue weighted by Crippen LogP contribution is 2.29. The molecule has 0 aromatic heterocycles. The Hall–Kier alpha value is -1.80. The minimum atomic E-state index is -0.475. The lowest BCUT2D eigenvalue weighted by molar-refractivity contribution is 0.177. The molecule has 0 aliphatic rings. The summed E-state index contributed by atoms with van der Waals surface area (Å²) in [5, 5.41) is 10.7. The lowest BCUT2D eigenvalue weighted by Crippen LogP contribution is -2.08. The number of aliphatic hydroxyl groups is 1. The van der Waals surface area contributed by atoms with Gasteiger partial charge in [-0.2, -0.15) is 0 Å². The van der Waals surface area contributed by atoms with Crippen LogP contribution in [0.2, 0.25) is 0 Å². The predicted octanol–water partition coefficient (Wildman–Crippen LogP) is 4.20. The zero-order valence-electron chi connectivity index (χ0n) is 13.5. The first-order valence-corrected chi connectivity index (χ1v) is 7.32. The average molecular weight is 284 g/mol. The van der Waals surface area contributed by atoms with Crippen molar-refractivity contribution in [2.45, 2.75) is 40.2 Å². The Balaban J connectivity index is 2.29. The third-order valence-corrected chi connectivity index (χ3v) is 4.35. The number of methoxy groups -OCH3 is 1. The molecule has 0 fully saturated rings. The van der Waals surface area contributed by atoms with E-state index in [2.05, 4.69) is 33.8 Å². The van der Waals surface area contributed by atoms with Gasteiger partial charge in [-0.05, 0) is 73.2 Å². The first-order valence-electron chi connectivity index (χ1n) is 7.32. The molecular weight excluding hydrogens is 260 g/mol. The van der Waals surface area contributed by atoms with E-state index in [-0.39, 0.29) is 0 Å². The van der Waals surface area contributed by atoms with Gasteiger partial charge in [-0.1, -0.05) is 18.2 Å². The van der Waals surface area contributed by atoms with Crippen LogP contribution in [-0.4, -0.2) is 12.2 Å². The van der Waals surface area contributed by atoms with Crippen molar-refractivity contribution in [1.29, 1.82) is 0 Å². The van der Waals surface area contributed by atoms with Crippen LogP contribution in [0.15, 0.2) is 30.3 Å². The molecule has 2 aromatic rings. The largest absolute Gasteiger partial charge is 0.497 e. The van der Waals surface area contributed by atoms with E-state index in [4.69, 9.17) is 4.74 Å². The highest BCUT2D eigenvalue weighted by molar-refractivity contribution is 5.45. The van der Waals surface area contributed by atoms with Crippen molar-refractivity contribution in [3.8, 4) is 5.75 Å². The summed E-state index contributed by atoms with van der Waals surface area (Å²) in [4.78, 5) is 0. The Kier molecular flexibility index (Phi) is 4.69. The van der Waals surface area contributed by atoms with Crippen LogP contribution in [-0.2, 0) is 6.42 Å². The molecular formula is C19H24O2. The topological polar surface area (TPSA) is 29.5 Å². The molecule has 21 heavy (non-hydrogen) atoms. The Morgan fingerprint density at radius 1 is 0.952 bits per heavy atom. The molecule has 2 aromatic carbocycles. The van der Waals surface area contributed by atoms with E-state index in [1.54, 1.807) is 7.11 Å². The molecule has 2 heteroatoms. The fraction of sp³-hybridized carbons (Fsp3) is 0.368. The van der Waals surface area contributed by atoms with Gasteiger partial charge >= 0.3 is 0 Å². The lowest BCUT2D eigenvalue weighted by Gasteiger charge is -2.20. The second kappa shape index (κ2) is 6.31. The van der Waals surface area contributed by atoms with E-state index in [9.17, 15) is 5.11 Å². The average Bonchev–Trinajstić information content (AvgIpc) is 2.46. The highest BCUT2D eigenvalue weighted by Gasteiger charge is 2.17. The summed E-state index contributed by atoms with van der Waals surface area (Å²) in [5.41, 5.74) is 7.05. The summed E-state index contributed by atoms with van der Waals surface area (Å²) in [6, 6.07) is 10.1. The van der Waals surface area contributed by atoms with Gasteiger partial charge in [0.05, 0.1) is 13.2 Å². The van der Waals surface area contributed by atoms with Gasteiger partial charge < -0.3 is 9.84 Å². The number of benzene rings is 2. The van der Waals surface area contributed by atoms with Crippen molar-refractivity contribution in [3.63, 3.8) is 0 Å². The van der Waals surface area contributed by atoms with Gasteiger partial charge in [0, 0.05) is 6.42 Å². The molecule has 0 aliphatic heterocycles. The summed E-state index contributed by atoms with van der Waals surface area (Å²) < 4.78 is 5.17. The van der Waals surface area contributed by atoms with Crippen LogP contribution >= 0.6 is 0 Å². The monoisotopic (exact) mass is 284 g/mol. The van der Waals surface area contributed by atoms with Crippen LogP contribution in [0.4, 0.5) is 0 Å². The lowest BCUT2D eigenvalue weighted by atomic mass is 9.88. The minimum absolute atomic E-state index is 0.475. The van der Waals surface area contributed by atoms with Gasteiger partial charge in [-0.25, -0.2) is 0 Å². The number of rotatable bonds is 4. The van der Waals surface area contributed by atoms with Crippen LogP contribution < -0.4 is 4.74 Å². The Bertz CT molecular complexity index is 601. The second-order valence-corrected chi connectivity index (χ2v) is 5.74. The SMILES string of the molecule is COc1ccc(CC(O)c2c(C)c(C)cc(C)c2C)cc1. The maximum Gasteiger partial charge on any atom is 0.118 e. The first kappa shape index (κ1) is 15.6. The molecule has 0 radical (unpaired) electrons. The molecule has 0 spiro atoms. The van der Waals surface area contributed by atoms with Gasteiger partial charge in [-0.3, -0.25) is 0 Å². The number of aliphatic hydroxyl groups excluding tert-OH is 1. The molecule has 1 atom stereocenters. The Labute approximate surface area is 127 Å². The maximum atomic E-state index is 10.7. The molecule has 1 N–H and O–H groups in total. The van der Waals surface area contributed by atoms with Gasteiger partial charge in [-0.15, -0.1) is 0 Å². The van der Waals surface area contributed by atoms with Crippen LogP contribution in [0.5, 0.6) is 5.75 Å². The zero-order chi connectivity index (χ0) is 15.6. The van der Waals surface area contributed by atoms with Crippen molar-refractivity contribution < 1.29 is 9.84 Å². The highest BCUT2D eigenvalue weighted by atomic mass is 16.5. The fourth-order valence-electron chi connectivity index (χ4n) is 2.83. The van der Waals surface area contributed by atoms with Gasteiger partial charge in [0.2, 0.25) is 0 Å². The summed E-state index contributed by atoms with van der Waals surface area (Å²) in [7, 11) is 1.66. The fourth-order valence-corrected chi connectivity index (χ4v) is 2.83. The quantitative estimate of drug-likeness (QED) is 0.911. The van der Waals surface area contributed by atoms with E-state index < -0.39 is 6.10 Å². The van der Waals surface area contributed by atoms with Gasteiger partial charge in [0.25, 0.3) is 0 Å². The predicted molar refractivity (Wildman–Crippen MR) is 87.0 cm³/mol. The van der Waals surface area contributed by atoms with Crippen LogP contribution in [0, 0.1) is 27.7 Å². The molecule has 1 unspecified atom stereocenters. The second-order valence-electron chi connectivity index (χ2n) is 5.74. The number of hydrogen-bond acceptors (Lipinski definition) is 2. The smallest absolute Gasteiger partial charge is 0.118 e. The maximum absolute atomic E-state index is 10.7. The summed E-state index contributed by atoms with van der Waals surface area (Å²) in [6.07, 6.45) is 0.145.